The molecule has 0 atom stereocenters. The van der Waals surface area contributed by atoms with Gasteiger partial charge in [0.15, 0.2) is 16.8 Å². The number of hydrogen-bond donors (Lipinski definition) is 1. The summed E-state index contributed by atoms with van der Waals surface area (Å²) in [6, 6.07) is 116. The van der Waals surface area contributed by atoms with Crippen LogP contribution in [-0.4, -0.2) is 74.2 Å². The molecule has 123 heavy (non-hydrogen) atoms. The molecule has 4 aliphatic carbocycles. The van der Waals surface area contributed by atoms with Gasteiger partial charge in [0.05, 0.1) is 69.1 Å². The minimum Gasteiger partial charge on any atom is -0.496 e. The molecule has 0 heterocycles. The molecule has 13 aromatic carbocycles. The van der Waals surface area contributed by atoms with E-state index in [1.807, 2.05) is 164 Å². The summed E-state index contributed by atoms with van der Waals surface area (Å²) in [4.78, 5) is 0. The molecule has 4 bridgehead atoms. The van der Waals surface area contributed by atoms with Crippen LogP contribution in [0.4, 0.5) is 0 Å². The monoisotopic (exact) mass is 1620 g/mol. The van der Waals surface area contributed by atoms with Gasteiger partial charge in [-0.05, 0) is 184 Å². The van der Waals surface area contributed by atoms with Crippen LogP contribution in [0.2, 0.25) is 0 Å². The van der Waals surface area contributed by atoms with Crippen molar-refractivity contribution >= 4 is 0 Å². The zero-order valence-corrected chi connectivity index (χ0v) is 70.8. The summed E-state index contributed by atoms with van der Waals surface area (Å²) in [5, 5.41) is 9.76. The Bertz CT molecular complexity index is 5380. The van der Waals surface area contributed by atoms with Crippen molar-refractivity contribution in [2.45, 2.75) is 103 Å². The molecule has 0 amide bonds. The van der Waals surface area contributed by atoms with Gasteiger partial charge in [-0.1, -0.05) is 296 Å². The molecule has 4 fully saturated rings. The Balaban J connectivity index is 0.743. The molecule has 10 nitrogen and oxygen atoms in total. The molecule has 4 saturated carbocycles. The van der Waals surface area contributed by atoms with Crippen LogP contribution >= 0.6 is 0 Å². The van der Waals surface area contributed by atoms with Gasteiger partial charge in [0, 0.05) is 81.3 Å². The Morgan fingerprint density at radius 3 is 0.618 bits per heavy atom. The van der Waals surface area contributed by atoms with Crippen molar-refractivity contribution in [1.29, 1.82) is 0 Å². The SMILES string of the molecule is COc1ccccc1C(OCCC#Cc1ccc(C23CC4(c5ccc(C#CCCO)cc5)CC(c5ccc(C#CCCOC(c6ccccc6)(c6ccccc6OC)c6ccccc6OC)cc5)(C2)CC(c2ccc(C#CCCOC(c5ccccc5)(c5ccccc5OC)c5ccccc5OC)cc2)(C4)C3)cc1)(c1ccccc1)c1ccccc1OC. The van der Waals surface area contributed by atoms with Crippen molar-refractivity contribution in [3.8, 4) is 81.9 Å². The topological polar surface area (TPSA) is 103 Å². The predicted molar refractivity (Wildman–Crippen MR) is 488 cm³/mol. The summed E-state index contributed by atoms with van der Waals surface area (Å²) in [6.45, 7) is 0.950. The van der Waals surface area contributed by atoms with Gasteiger partial charge in [-0.2, -0.15) is 0 Å². The van der Waals surface area contributed by atoms with Gasteiger partial charge in [0.1, 0.15) is 34.5 Å². The van der Waals surface area contributed by atoms with Gasteiger partial charge in [-0.3, -0.25) is 0 Å². The van der Waals surface area contributed by atoms with E-state index in [0.29, 0.717) is 80.0 Å². The van der Waals surface area contributed by atoms with Gasteiger partial charge in [0.25, 0.3) is 0 Å². The largest absolute Gasteiger partial charge is 0.496 e. The standard InChI is InChI=1S/C113H102O10/c1-115-101-52-22-16-46-95(101)111(92-40-10-7-11-41-92,96-47-17-23-53-102(96)116-2)121-75-33-29-37-85-60-68-89(69-61-85)108-78-107(88-66-58-84(59-67-88)36-28-32-74-114)79-109(81-108,90-70-62-86(63-71-90)38-30-34-76-122-112(93-42-12-8-13-43-93,97-48-18-24-54-103(97)117-3)98-49-19-25-55-104(98)118-4)83-110(80-107,82-108)91-72-64-87(65-73-91)39-31-35-77-123-113(94-44-14-9-15-45-94,99-50-20-26-56-105(99)119-5)100-51-21-27-57-106(100)120-6/h7-27,40-73,114H,32-35,74-83H2,1-6H3. The van der Waals surface area contributed by atoms with Crippen LogP contribution in [0, 0.1) is 47.4 Å². The predicted octanol–water partition coefficient (Wildman–Crippen LogP) is 22.2. The number of para-hydroxylation sites is 6. The van der Waals surface area contributed by atoms with E-state index < -0.39 is 16.8 Å². The summed E-state index contributed by atoms with van der Waals surface area (Å²) in [5.74, 6) is 32.1. The van der Waals surface area contributed by atoms with Crippen LogP contribution in [0.1, 0.15) is 159 Å². The van der Waals surface area contributed by atoms with Gasteiger partial charge in [0.2, 0.25) is 0 Å². The second kappa shape index (κ2) is 37.4. The van der Waals surface area contributed by atoms with Crippen molar-refractivity contribution in [2.75, 3.05) is 69.1 Å². The first-order chi connectivity index (χ1) is 60.5. The lowest BCUT2D eigenvalue weighted by Gasteiger charge is -2.71. The third kappa shape index (κ3) is 16.4. The number of rotatable bonds is 29. The minimum atomic E-state index is -1.10. The van der Waals surface area contributed by atoms with Gasteiger partial charge < -0.3 is 47.7 Å². The lowest BCUT2D eigenvalue weighted by atomic mass is 9.32. The van der Waals surface area contributed by atoms with Gasteiger partial charge >= 0.3 is 0 Å². The molecule has 17 rings (SSSR count). The molecule has 614 valence electrons. The van der Waals surface area contributed by atoms with Crippen molar-refractivity contribution in [3.63, 3.8) is 0 Å². The summed E-state index contributed by atoms with van der Waals surface area (Å²) >= 11 is 0. The van der Waals surface area contributed by atoms with E-state index in [9.17, 15) is 5.11 Å². The van der Waals surface area contributed by atoms with E-state index in [4.69, 9.17) is 42.6 Å². The quantitative estimate of drug-likeness (QED) is 0.0277. The maximum absolute atomic E-state index is 9.76. The van der Waals surface area contributed by atoms with Crippen LogP contribution < -0.4 is 28.4 Å². The number of benzene rings is 13. The smallest absolute Gasteiger partial charge is 0.150 e. The summed E-state index contributed by atoms with van der Waals surface area (Å²) < 4.78 is 58.5. The minimum absolute atomic E-state index is 0.0143. The number of aliphatic hydroxyl groups excluding tert-OH is 1. The zero-order valence-electron chi connectivity index (χ0n) is 70.8. The molecular weight excluding hydrogens is 1520 g/mol. The average molecular weight is 1620 g/mol. The Morgan fingerprint density at radius 1 is 0.236 bits per heavy atom. The second-order valence-electron chi connectivity index (χ2n) is 32.3. The molecule has 0 saturated heterocycles. The Kier molecular flexibility index (Phi) is 25.3. The number of hydrogen-bond acceptors (Lipinski definition) is 10. The molecule has 0 spiro atoms. The lowest BCUT2D eigenvalue weighted by molar-refractivity contribution is -0.0691. The fourth-order valence-electron chi connectivity index (χ4n) is 20.7. The molecule has 13 aromatic rings. The zero-order chi connectivity index (χ0) is 84.6. The van der Waals surface area contributed by atoms with E-state index >= 15 is 0 Å². The average Bonchev–Trinajstić information content (AvgIpc) is 0.663. The Morgan fingerprint density at radius 2 is 0.423 bits per heavy atom. The van der Waals surface area contributed by atoms with E-state index in [2.05, 4.69) is 217 Å². The Hall–Kier alpha value is -13.3. The normalized spacial score (nSPS) is 17.4. The summed E-state index contributed by atoms with van der Waals surface area (Å²) in [7, 11) is 10.2. The van der Waals surface area contributed by atoms with E-state index in [0.717, 1.165) is 111 Å². The van der Waals surface area contributed by atoms with Crippen molar-refractivity contribution in [3.05, 3.63) is 428 Å². The van der Waals surface area contributed by atoms with E-state index in [1.165, 1.54) is 22.3 Å². The van der Waals surface area contributed by atoms with Crippen LogP contribution in [0.5, 0.6) is 34.5 Å². The molecule has 0 unspecified atom stereocenters. The highest BCUT2D eigenvalue weighted by molar-refractivity contribution is 5.62. The molecule has 0 aromatic heterocycles. The van der Waals surface area contributed by atoms with Crippen LogP contribution in [0.3, 0.4) is 0 Å². The number of aliphatic hydroxyl groups is 1. The first-order valence-electron chi connectivity index (χ1n) is 42.4. The highest BCUT2D eigenvalue weighted by Gasteiger charge is 2.69. The molecule has 0 radical (unpaired) electrons. The maximum atomic E-state index is 9.76. The molecule has 4 aliphatic rings. The first-order valence-corrected chi connectivity index (χ1v) is 42.4. The highest BCUT2D eigenvalue weighted by atomic mass is 16.5. The fourth-order valence-corrected chi connectivity index (χ4v) is 20.7. The summed E-state index contributed by atoms with van der Waals surface area (Å²) in [6.07, 6.45) is 7.51. The van der Waals surface area contributed by atoms with Crippen molar-refractivity contribution < 1.29 is 47.7 Å². The van der Waals surface area contributed by atoms with Crippen molar-refractivity contribution in [2.24, 2.45) is 0 Å². The van der Waals surface area contributed by atoms with Gasteiger partial charge in [-0.25, -0.2) is 0 Å². The van der Waals surface area contributed by atoms with Crippen LogP contribution in [0.25, 0.3) is 0 Å². The van der Waals surface area contributed by atoms with Crippen LogP contribution in [0.15, 0.2) is 334 Å². The second-order valence-corrected chi connectivity index (χ2v) is 32.3. The third-order valence-corrected chi connectivity index (χ3v) is 25.3. The summed E-state index contributed by atoms with van der Waals surface area (Å²) in [5.41, 5.74) is 12.6. The van der Waals surface area contributed by atoms with Crippen molar-refractivity contribution in [1.82, 2.24) is 0 Å². The third-order valence-electron chi connectivity index (χ3n) is 25.3. The van der Waals surface area contributed by atoms with Gasteiger partial charge in [-0.15, -0.1) is 0 Å². The highest BCUT2D eigenvalue weighted by Crippen LogP contribution is 2.75. The molecule has 10 heteroatoms. The Labute approximate surface area is 725 Å². The molecule has 0 aliphatic heterocycles. The van der Waals surface area contributed by atoms with E-state index in [-0.39, 0.29) is 28.3 Å². The fraction of sp³-hybridized carbons (Fsp3) is 0.239. The molecular formula is C113H102O10. The van der Waals surface area contributed by atoms with Crippen LogP contribution in [-0.2, 0) is 52.7 Å². The molecule has 1 N–H and O–H groups in total. The first kappa shape index (κ1) is 83.4. The lowest BCUT2D eigenvalue weighted by Crippen LogP contribution is -2.67. The maximum Gasteiger partial charge on any atom is 0.150 e. The number of ether oxygens (including phenoxy) is 9. The number of methoxy groups -OCH3 is 6. The van der Waals surface area contributed by atoms with E-state index in [1.54, 1.807) is 42.7 Å².